The maximum atomic E-state index is 12.8. The topological polar surface area (TPSA) is 46.6 Å². The summed E-state index contributed by atoms with van der Waals surface area (Å²) in [6.07, 6.45) is -1.31. The highest BCUT2D eigenvalue weighted by Gasteiger charge is 2.33. The Hall–Kier alpha value is -1.28. The van der Waals surface area contributed by atoms with E-state index in [1.807, 2.05) is 29.8 Å². The highest BCUT2D eigenvalue weighted by Crippen LogP contribution is 2.28. The van der Waals surface area contributed by atoms with Crippen LogP contribution in [0.3, 0.4) is 0 Å². The maximum absolute atomic E-state index is 12.8. The fraction of sp³-hybridized carbons (Fsp3) is 0.615. The van der Waals surface area contributed by atoms with Crippen molar-refractivity contribution in [1.29, 1.82) is 0 Å². The molecule has 2 N–H and O–H groups in total. The summed E-state index contributed by atoms with van der Waals surface area (Å²) in [4.78, 5) is 6.38. The monoisotopic (exact) mass is 320 g/mol. The molecular weight excluding hydrogens is 301 g/mol. The number of rotatable bonds is 6. The molecule has 4 nitrogen and oxygen atoms in total. The normalized spacial score (nSPS) is 13.8. The van der Waals surface area contributed by atoms with E-state index in [0.717, 1.165) is 5.69 Å². The lowest BCUT2D eigenvalue weighted by Crippen LogP contribution is -2.36. The Morgan fingerprint density at radius 2 is 2.19 bits per heavy atom. The summed E-state index contributed by atoms with van der Waals surface area (Å²) < 4.78 is 40.2. The second kappa shape index (κ2) is 6.23. The third kappa shape index (κ3) is 3.88. The third-order valence-electron chi connectivity index (χ3n) is 3.02. The summed E-state index contributed by atoms with van der Waals surface area (Å²) in [6.45, 7) is 3.02. The van der Waals surface area contributed by atoms with E-state index >= 15 is 0 Å². The average molecular weight is 320 g/mol. The third-order valence-corrected chi connectivity index (χ3v) is 3.78. The SMILES string of the molecule is CCCN(CC(F)(F)F)c1nc2sccn2c1CC(C)N. The molecule has 0 spiro atoms. The van der Waals surface area contributed by atoms with Crippen molar-refractivity contribution in [2.75, 3.05) is 18.0 Å². The van der Waals surface area contributed by atoms with Crippen molar-refractivity contribution in [3.8, 4) is 0 Å². The van der Waals surface area contributed by atoms with Gasteiger partial charge in [-0.25, -0.2) is 4.98 Å². The Bertz CT molecular complexity index is 588. The predicted molar refractivity (Wildman–Crippen MR) is 79.0 cm³/mol. The summed E-state index contributed by atoms with van der Waals surface area (Å²) in [7, 11) is 0. The molecule has 0 aromatic carbocycles. The number of imidazole rings is 1. The molecule has 0 bridgehead atoms. The first kappa shape index (κ1) is 16.1. The molecule has 0 aliphatic rings. The molecule has 0 saturated heterocycles. The molecule has 1 unspecified atom stereocenters. The Balaban J connectivity index is 2.42. The van der Waals surface area contributed by atoms with Gasteiger partial charge >= 0.3 is 6.18 Å². The van der Waals surface area contributed by atoms with Crippen LogP contribution in [0.25, 0.3) is 4.96 Å². The number of alkyl halides is 3. The zero-order chi connectivity index (χ0) is 15.6. The lowest BCUT2D eigenvalue weighted by molar-refractivity contribution is -0.119. The quantitative estimate of drug-likeness (QED) is 0.890. The molecule has 0 aliphatic heterocycles. The minimum Gasteiger partial charge on any atom is -0.346 e. The fourth-order valence-corrected chi connectivity index (χ4v) is 3.04. The van der Waals surface area contributed by atoms with Crippen LogP contribution >= 0.6 is 11.3 Å². The lowest BCUT2D eigenvalue weighted by Gasteiger charge is -2.24. The number of fused-ring (bicyclic) bond motifs is 1. The van der Waals surface area contributed by atoms with Gasteiger partial charge in [0, 0.05) is 30.6 Å². The molecule has 0 radical (unpaired) electrons. The average Bonchev–Trinajstić information content (AvgIpc) is 2.89. The van der Waals surface area contributed by atoms with Crippen LogP contribution in [-0.4, -0.2) is 34.7 Å². The van der Waals surface area contributed by atoms with Crippen molar-refractivity contribution in [3.05, 3.63) is 17.3 Å². The van der Waals surface area contributed by atoms with Gasteiger partial charge in [-0.2, -0.15) is 13.2 Å². The van der Waals surface area contributed by atoms with E-state index in [2.05, 4.69) is 4.98 Å². The fourth-order valence-electron chi connectivity index (χ4n) is 2.32. The minimum atomic E-state index is -4.25. The van der Waals surface area contributed by atoms with E-state index in [9.17, 15) is 13.2 Å². The second-order valence-corrected chi connectivity index (χ2v) is 6.03. The lowest BCUT2D eigenvalue weighted by atomic mass is 10.2. The van der Waals surface area contributed by atoms with Gasteiger partial charge < -0.3 is 10.6 Å². The molecule has 0 saturated carbocycles. The smallest absolute Gasteiger partial charge is 0.346 e. The molecule has 2 aromatic heterocycles. The summed E-state index contributed by atoms with van der Waals surface area (Å²) in [5.74, 6) is 0.401. The van der Waals surface area contributed by atoms with Gasteiger partial charge in [-0.05, 0) is 13.3 Å². The molecule has 1 atom stereocenters. The molecule has 118 valence electrons. The zero-order valence-electron chi connectivity index (χ0n) is 12.0. The second-order valence-electron chi connectivity index (χ2n) is 5.16. The van der Waals surface area contributed by atoms with Crippen molar-refractivity contribution in [1.82, 2.24) is 9.38 Å². The molecular formula is C13H19F3N4S. The zero-order valence-corrected chi connectivity index (χ0v) is 12.8. The number of nitrogens with zero attached hydrogens (tertiary/aromatic N) is 3. The van der Waals surface area contributed by atoms with Gasteiger partial charge in [0.2, 0.25) is 0 Å². The molecule has 8 heteroatoms. The van der Waals surface area contributed by atoms with E-state index in [1.165, 1.54) is 16.2 Å². The van der Waals surface area contributed by atoms with E-state index in [0.29, 0.717) is 30.2 Å². The number of thiazole rings is 1. The maximum Gasteiger partial charge on any atom is 0.405 e. The van der Waals surface area contributed by atoms with Crippen molar-refractivity contribution in [3.63, 3.8) is 0 Å². The van der Waals surface area contributed by atoms with Gasteiger partial charge in [-0.1, -0.05) is 6.92 Å². The van der Waals surface area contributed by atoms with Crippen molar-refractivity contribution in [2.24, 2.45) is 5.73 Å². The van der Waals surface area contributed by atoms with Crippen LogP contribution in [0.2, 0.25) is 0 Å². The number of hydrogen-bond donors (Lipinski definition) is 1. The first-order chi connectivity index (χ1) is 9.81. The van der Waals surface area contributed by atoms with Crippen LogP contribution in [-0.2, 0) is 6.42 Å². The van der Waals surface area contributed by atoms with Crippen LogP contribution in [0.15, 0.2) is 11.6 Å². The van der Waals surface area contributed by atoms with Crippen molar-refractivity contribution >= 4 is 22.1 Å². The first-order valence-electron chi connectivity index (χ1n) is 6.83. The molecule has 21 heavy (non-hydrogen) atoms. The molecule has 0 aliphatic carbocycles. The number of aromatic nitrogens is 2. The standard InChI is InChI=1S/C13H19F3N4S/c1-3-4-19(8-13(14,15)16)11-10(7-9(2)17)20-5-6-21-12(20)18-11/h5-6,9H,3-4,7-8,17H2,1-2H3. The van der Waals surface area contributed by atoms with Gasteiger partial charge in [0.25, 0.3) is 0 Å². The molecule has 2 aromatic rings. The van der Waals surface area contributed by atoms with Crippen molar-refractivity contribution in [2.45, 2.75) is 38.9 Å². The molecule has 0 amide bonds. The van der Waals surface area contributed by atoms with E-state index in [-0.39, 0.29) is 6.04 Å². The van der Waals surface area contributed by atoms with Gasteiger partial charge in [-0.15, -0.1) is 11.3 Å². The number of anilines is 1. The highest BCUT2D eigenvalue weighted by atomic mass is 32.1. The molecule has 2 heterocycles. The van der Waals surface area contributed by atoms with Crippen LogP contribution in [0.4, 0.5) is 19.0 Å². The van der Waals surface area contributed by atoms with Crippen molar-refractivity contribution < 1.29 is 13.2 Å². The number of halogens is 3. The summed E-state index contributed by atoms with van der Waals surface area (Å²) in [6, 6.07) is -0.141. The van der Waals surface area contributed by atoms with Gasteiger partial charge in [-0.3, -0.25) is 4.40 Å². The Labute approximate surface area is 125 Å². The summed E-state index contributed by atoms with van der Waals surface area (Å²) >= 11 is 1.41. The minimum absolute atomic E-state index is 0.141. The van der Waals surface area contributed by atoms with Crippen LogP contribution < -0.4 is 10.6 Å². The summed E-state index contributed by atoms with van der Waals surface area (Å²) in [5.41, 5.74) is 6.58. The van der Waals surface area contributed by atoms with Crippen LogP contribution in [0.1, 0.15) is 26.0 Å². The van der Waals surface area contributed by atoms with Crippen LogP contribution in [0, 0.1) is 0 Å². The molecule has 2 rings (SSSR count). The van der Waals surface area contributed by atoms with Gasteiger partial charge in [0.15, 0.2) is 10.8 Å². The van der Waals surface area contributed by atoms with E-state index in [4.69, 9.17) is 5.73 Å². The first-order valence-corrected chi connectivity index (χ1v) is 7.71. The Morgan fingerprint density at radius 3 is 2.76 bits per heavy atom. The van der Waals surface area contributed by atoms with Crippen LogP contribution in [0.5, 0.6) is 0 Å². The summed E-state index contributed by atoms with van der Waals surface area (Å²) in [5, 5.41) is 1.87. The predicted octanol–water partition coefficient (Wildman–Crippen LogP) is 3.06. The van der Waals surface area contributed by atoms with Gasteiger partial charge in [0.05, 0.1) is 5.69 Å². The Morgan fingerprint density at radius 1 is 1.48 bits per heavy atom. The Kier molecular flexibility index (Phi) is 4.77. The highest BCUT2D eigenvalue weighted by molar-refractivity contribution is 7.15. The van der Waals surface area contributed by atoms with Gasteiger partial charge in [0.1, 0.15) is 6.54 Å². The van der Waals surface area contributed by atoms with E-state index < -0.39 is 12.7 Å². The number of hydrogen-bond acceptors (Lipinski definition) is 4. The van der Waals surface area contributed by atoms with E-state index in [1.54, 1.807) is 0 Å². The molecule has 0 fully saturated rings. The number of nitrogens with two attached hydrogens (primary N) is 1. The largest absolute Gasteiger partial charge is 0.405 e.